The van der Waals surface area contributed by atoms with Crippen molar-refractivity contribution < 1.29 is 29.3 Å². The van der Waals surface area contributed by atoms with E-state index in [4.69, 9.17) is 4.74 Å². The molecule has 1 aromatic rings. The van der Waals surface area contributed by atoms with Crippen molar-refractivity contribution in [2.75, 3.05) is 0 Å². The Morgan fingerprint density at radius 2 is 1.77 bits per heavy atom. The summed E-state index contributed by atoms with van der Waals surface area (Å²) in [5.74, 6) is -2.49. The molecule has 1 aliphatic carbocycles. The maximum absolute atomic E-state index is 12.9. The second-order valence-corrected chi connectivity index (χ2v) is 6.39. The highest BCUT2D eigenvalue weighted by Gasteiger charge is 2.35. The lowest BCUT2D eigenvalue weighted by Crippen LogP contribution is -2.29. The van der Waals surface area contributed by atoms with Gasteiger partial charge in [0.1, 0.15) is 17.6 Å². The van der Waals surface area contributed by atoms with Crippen LogP contribution in [0.15, 0.2) is 35.4 Å². The molecule has 0 fully saturated rings. The van der Waals surface area contributed by atoms with Gasteiger partial charge in [-0.25, -0.2) is 0 Å². The number of rotatable bonds is 6. The van der Waals surface area contributed by atoms with Gasteiger partial charge in [-0.3, -0.25) is 14.4 Å². The Labute approximate surface area is 151 Å². The Bertz CT molecular complexity index is 812. The first-order valence-electron chi connectivity index (χ1n) is 8.44. The maximum atomic E-state index is 12.9. The number of phenols is 2. The summed E-state index contributed by atoms with van der Waals surface area (Å²) in [5, 5.41) is 19.9. The van der Waals surface area contributed by atoms with E-state index in [1.807, 2.05) is 20.8 Å². The second-order valence-electron chi connectivity index (χ2n) is 6.39. The fourth-order valence-corrected chi connectivity index (χ4v) is 2.73. The van der Waals surface area contributed by atoms with E-state index in [0.717, 1.165) is 23.8 Å². The van der Waals surface area contributed by atoms with Gasteiger partial charge in [0.15, 0.2) is 11.6 Å². The van der Waals surface area contributed by atoms with Gasteiger partial charge in [-0.15, -0.1) is 0 Å². The molecule has 0 radical (unpaired) electrons. The van der Waals surface area contributed by atoms with Crippen molar-refractivity contribution in [3.8, 4) is 11.5 Å². The molecule has 0 bridgehead atoms. The number of hydrogen-bond donors (Lipinski definition) is 2. The third kappa shape index (κ3) is 4.02. The smallest absolute Gasteiger partial charge is 0.306 e. The topological polar surface area (TPSA) is 101 Å². The summed E-state index contributed by atoms with van der Waals surface area (Å²) in [4.78, 5) is 37.2. The van der Waals surface area contributed by atoms with Crippen molar-refractivity contribution in [2.24, 2.45) is 0 Å². The van der Waals surface area contributed by atoms with Gasteiger partial charge in [-0.2, -0.15) is 0 Å². The Hall–Kier alpha value is -2.89. The monoisotopic (exact) mass is 358 g/mol. The molecule has 2 N–H and O–H groups in total. The molecular formula is C20H22O6. The van der Waals surface area contributed by atoms with Crippen LogP contribution in [0.1, 0.15) is 60.7 Å². The number of hydrogen-bond acceptors (Lipinski definition) is 6. The number of phenolic OH excluding ortho intramolecular Hbond substituents is 2. The van der Waals surface area contributed by atoms with Crippen LogP contribution in [0.25, 0.3) is 0 Å². The lowest BCUT2D eigenvalue weighted by molar-refractivity contribution is -0.147. The van der Waals surface area contributed by atoms with E-state index in [1.165, 1.54) is 0 Å². The van der Waals surface area contributed by atoms with Crippen LogP contribution >= 0.6 is 0 Å². The molecule has 1 atom stereocenters. The molecule has 0 spiro atoms. The van der Waals surface area contributed by atoms with E-state index < -0.39 is 29.4 Å². The van der Waals surface area contributed by atoms with Crippen LogP contribution < -0.4 is 0 Å². The van der Waals surface area contributed by atoms with Crippen LogP contribution in [0.3, 0.4) is 0 Å². The quantitative estimate of drug-likeness (QED) is 0.459. The minimum absolute atomic E-state index is 0.00893. The number of allylic oxidation sites excluding steroid dienone is 2. The van der Waals surface area contributed by atoms with E-state index in [2.05, 4.69) is 0 Å². The summed E-state index contributed by atoms with van der Waals surface area (Å²) in [6.07, 6.45) is 2.97. The van der Waals surface area contributed by atoms with Gasteiger partial charge in [0.2, 0.25) is 0 Å². The van der Waals surface area contributed by atoms with E-state index in [1.54, 1.807) is 6.08 Å². The van der Waals surface area contributed by atoms with Gasteiger partial charge in [-0.1, -0.05) is 18.6 Å². The zero-order valence-corrected chi connectivity index (χ0v) is 15.0. The Balaban J connectivity index is 2.46. The Morgan fingerprint density at radius 1 is 1.15 bits per heavy atom. The lowest BCUT2D eigenvalue weighted by atomic mass is 9.85. The number of benzene rings is 1. The number of ketones is 2. The van der Waals surface area contributed by atoms with Crippen LogP contribution in [0, 0.1) is 0 Å². The Kier molecular flexibility index (Phi) is 5.97. The summed E-state index contributed by atoms with van der Waals surface area (Å²) in [6, 6.07) is 2.30. The van der Waals surface area contributed by atoms with Crippen LogP contribution in [0.5, 0.6) is 11.5 Å². The summed E-state index contributed by atoms with van der Waals surface area (Å²) >= 11 is 0. The normalized spacial score (nSPS) is 14.3. The molecule has 26 heavy (non-hydrogen) atoms. The number of fused-ring (bicyclic) bond motifs is 1. The molecule has 0 saturated heterocycles. The number of ether oxygens (including phenoxy) is 1. The van der Waals surface area contributed by atoms with Crippen molar-refractivity contribution in [1.82, 2.24) is 0 Å². The number of carbonyl (C=O) groups excluding carboxylic acids is 3. The predicted molar refractivity (Wildman–Crippen MR) is 95.4 cm³/mol. The van der Waals surface area contributed by atoms with E-state index >= 15 is 0 Å². The molecule has 0 saturated carbocycles. The molecule has 6 nitrogen and oxygen atoms in total. The molecule has 1 unspecified atom stereocenters. The van der Waals surface area contributed by atoms with Gasteiger partial charge >= 0.3 is 5.97 Å². The maximum Gasteiger partial charge on any atom is 0.306 e. The average Bonchev–Trinajstić information content (AvgIpc) is 2.57. The number of aromatic hydroxyl groups is 2. The minimum Gasteiger partial charge on any atom is -0.507 e. The number of Topliss-reactive ketones (excluding diaryl/α,β-unsaturated/α-hetero) is 1. The SMILES string of the molecule is CCCC(=O)OC(CC=C(C)C)C1=CC(=O)c2c(O)ccc(O)c2C1=O. The van der Waals surface area contributed by atoms with Crippen molar-refractivity contribution in [3.05, 3.63) is 46.6 Å². The molecular weight excluding hydrogens is 336 g/mol. The second kappa shape index (κ2) is 7.99. The molecule has 6 heteroatoms. The standard InChI is InChI=1S/C20H22O6/c1-4-5-17(24)26-16(9-6-11(2)3)12-10-15(23)18-13(21)7-8-14(22)19(18)20(12)25/h6-8,10,16,21-22H,4-5,9H2,1-3H3. The predicted octanol–water partition coefficient (Wildman–Crippen LogP) is 3.47. The molecule has 0 amide bonds. The van der Waals surface area contributed by atoms with Crippen LogP contribution in [-0.4, -0.2) is 33.9 Å². The van der Waals surface area contributed by atoms with Crippen LogP contribution in [0.2, 0.25) is 0 Å². The summed E-state index contributed by atoms with van der Waals surface area (Å²) < 4.78 is 5.42. The fourth-order valence-electron chi connectivity index (χ4n) is 2.73. The Morgan fingerprint density at radius 3 is 2.35 bits per heavy atom. The zero-order chi connectivity index (χ0) is 19.4. The first kappa shape index (κ1) is 19.4. The molecule has 0 aromatic heterocycles. The van der Waals surface area contributed by atoms with Crippen molar-refractivity contribution in [3.63, 3.8) is 0 Å². The highest BCUT2D eigenvalue weighted by Crippen LogP contribution is 2.36. The van der Waals surface area contributed by atoms with Gasteiger partial charge < -0.3 is 14.9 Å². The largest absolute Gasteiger partial charge is 0.507 e. The van der Waals surface area contributed by atoms with Gasteiger partial charge in [0.05, 0.1) is 11.1 Å². The van der Waals surface area contributed by atoms with Crippen molar-refractivity contribution >= 4 is 17.5 Å². The van der Waals surface area contributed by atoms with Crippen molar-refractivity contribution in [2.45, 2.75) is 46.1 Å². The van der Waals surface area contributed by atoms with Gasteiger partial charge in [0, 0.05) is 18.4 Å². The van der Waals surface area contributed by atoms with Gasteiger partial charge in [0.25, 0.3) is 0 Å². The fraction of sp³-hybridized carbons (Fsp3) is 0.350. The third-order valence-electron chi connectivity index (χ3n) is 4.00. The summed E-state index contributed by atoms with van der Waals surface area (Å²) in [5.41, 5.74) is 0.462. The highest BCUT2D eigenvalue weighted by molar-refractivity contribution is 6.27. The van der Waals surface area contributed by atoms with E-state index in [-0.39, 0.29) is 35.3 Å². The molecule has 0 heterocycles. The molecule has 138 valence electrons. The molecule has 0 aliphatic heterocycles. The summed E-state index contributed by atoms with van der Waals surface area (Å²) in [6.45, 7) is 5.57. The molecule has 1 aliphatic rings. The van der Waals surface area contributed by atoms with Crippen molar-refractivity contribution in [1.29, 1.82) is 0 Å². The first-order valence-corrected chi connectivity index (χ1v) is 8.44. The third-order valence-corrected chi connectivity index (χ3v) is 4.00. The molecule has 1 aromatic carbocycles. The summed E-state index contributed by atoms with van der Waals surface area (Å²) in [7, 11) is 0. The zero-order valence-electron chi connectivity index (χ0n) is 15.0. The van der Waals surface area contributed by atoms with Crippen LogP contribution in [0.4, 0.5) is 0 Å². The lowest BCUT2D eigenvalue weighted by Gasteiger charge is -2.23. The number of carbonyl (C=O) groups is 3. The average molecular weight is 358 g/mol. The first-order chi connectivity index (χ1) is 12.3. The minimum atomic E-state index is -0.935. The van der Waals surface area contributed by atoms with E-state index in [0.29, 0.717) is 6.42 Å². The van der Waals surface area contributed by atoms with Crippen LogP contribution in [-0.2, 0) is 9.53 Å². The molecule has 2 rings (SSSR count). The van der Waals surface area contributed by atoms with E-state index in [9.17, 15) is 24.6 Å². The highest BCUT2D eigenvalue weighted by atomic mass is 16.5. The number of esters is 1. The van der Waals surface area contributed by atoms with Gasteiger partial charge in [-0.05, 0) is 38.5 Å².